The van der Waals surface area contributed by atoms with E-state index in [0.29, 0.717) is 6.61 Å². The van der Waals surface area contributed by atoms with Crippen molar-refractivity contribution in [1.29, 1.82) is 0 Å². The van der Waals surface area contributed by atoms with Crippen molar-refractivity contribution in [1.82, 2.24) is 4.98 Å². The van der Waals surface area contributed by atoms with Gasteiger partial charge in [-0.2, -0.15) is 0 Å². The zero-order valence-corrected chi connectivity index (χ0v) is 13.4. The Morgan fingerprint density at radius 1 is 1.38 bits per heavy atom. The van der Waals surface area contributed by atoms with Gasteiger partial charge < -0.3 is 14.7 Å². The Morgan fingerprint density at radius 2 is 2.05 bits per heavy atom. The zero-order valence-electron chi connectivity index (χ0n) is 13.4. The fourth-order valence-corrected chi connectivity index (χ4v) is 2.39. The van der Waals surface area contributed by atoms with Gasteiger partial charge in [0.25, 0.3) is 0 Å². The molecule has 116 valence electrons. The number of hydrogen-bond donors (Lipinski definition) is 1. The fraction of sp³-hybridized carbons (Fsp3) is 0.625. The summed E-state index contributed by atoms with van der Waals surface area (Å²) in [5.74, 6) is -0.194. The molecule has 21 heavy (non-hydrogen) atoms. The highest BCUT2D eigenvalue weighted by atomic mass is 16.5. The molecule has 1 saturated heterocycles. The van der Waals surface area contributed by atoms with E-state index in [-0.39, 0.29) is 23.1 Å². The van der Waals surface area contributed by atoms with E-state index in [0.717, 1.165) is 18.1 Å². The first-order valence-electron chi connectivity index (χ1n) is 7.32. The minimum Gasteiger partial charge on any atom is -0.478 e. The van der Waals surface area contributed by atoms with Crippen LogP contribution in [0.5, 0.6) is 0 Å². The molecular weight excluding hydrogens is 268 g/mol. The molecule has 0 radical (unpaired) electrons. The molecule has 0 aliphatic carbocycles. The van der Waals surface area contributed by atoms with Gasteiger partial charge in [-0.1, -0.05) is 20.8 Å². The summed E-state index contributed by atoms with van der Waals surface area (Å²) in [4.78, 5) is 18.2. The maximum Gasteiger partial charge on any atom is 0.335 e. The van der Waals surface area contributed by atoms with Crippen LogP contribution in [0.4, 0.5) is 5.82 Å². The summed E-state index contributed by atoms with van der Waals surface area (Å²) in [6.45, 7) is 11.6. The van der Waals surface area contributed by atoms with Crippen LogP contribution in [0.15, 0.2) is 12.1 Å². The molecule has 1 N–H and O–H groups in total. The van der Waals surface area contributed by atoms with Gasteiger partial charge in [0.15, 0.2) is 0 Å². The average Bonchev–Trinajstić information content (AvgIpc) is 2.40. The van der Waals surface area contributed by atoms with Crippen LogP contribution in [0.25, 0.3) is 0 Å². The lowest BCUT2D eigenvalue weighted by Gasteiger charge is -2.38. The van der Waals surface area contributed by atoms with E-state index in [1.54, 1.807) is 12.1 Å². The second-order valence-electron chi connectivity index (χ2n) is 6.80. The molecule has 2 rings (SSSR count). The quantitative estimate of drug-likeness (QED) is 0.908. The van der Waals surface area contributed by atoms with Gasteiger partial charge in [-0.15, -0.1) is 0 Å². The highest BCUT2D eigenvalue weighted by Crippen LogP contribution is 2.27. The van der Waals surface area contributed by atoms with Crippen LogP contribution in [0, 0.1) is 0 Å². The molecule has 0 amide bonds. The Labute approximate surface area is 125 Å². The van der Waals surface area contributed by atoms with Crippen LogP contribution in [-0.2, 0) is 10.2 Å². The van der Waals surface area contributed by atoms with E-state index in [4.69, 9.17) is 9.72 Å². The van der Waals surface area contributed by atoms with Crippen molar-refractivity contribution in [2.75, 3.05) is 18.1 Å². The summed E-state index contributed by atoms with van der Waals surface area (Å²) in [5, 5.41) is 9.34. The van der Waals surface area contributed by atoms with E-state index in [1.807, 2.05) is 27.7 Å². The molecule has 5 nitrogen and oxygen atoms in total. The summed E-state index contributed by atoms with van der Waals surface area (Å²) in [6, 6.07) is 3.51. The Kier molecular flexibility index (Phi) is 4.23. The number of hydrogen-bond acceptors (Lipinski definition) is 4. The standard InChI is InChI=1S/C16H24N2O3/c1-10-9-21-11(2)8-18(10)14-7-12(15(19)20)6-13(17-14)16(3,4)5/h6-7,10-11H,8-9H2,1-5H3,(H,19,20). The predicted molar refractivity (Wildman–Crippen MR) is 82.1 cm³/mol. The minimum absolute atomic E-state index is 0.120. The second-order valence-corrected chi connectivity index (χ2v) is 6.80. The number of anilines is 1. The first-order valence-corrected chi connectivity index (χ1v) is 7.32. The summed E-state index contributed by atoms with van der Waals surface area (Å²) >= 11 is 0. The monoisotopic (exact) mass is 292 g/mol. The maximum absolute atomic E-state index is 11.4. The van der Waals surface area contributed by atoms with Crippen LogP contribution in [0.3, 0.4) is 0 Å². The van der Waals surface area contributed by atoms with Gasteiger partial charge in [0, 0.05) is 17.7 Å². The number of carboxylic acid groups (broad SMARTS) is 1. The third-order valence-electron chi connectivity index (χ3n) is 3.73. The molecule has 1 fully saturated rings. The molecule has 0 bridgehead atoms. The highest BCUT2D eigenvalue weighted by Gasteiger charge is 2.27. The number of ether oxygens (including phenoxy) is 1. The number of aromatic carboxylic acids is 1. The normalized spacial score (nSPS) is 23.2. The number of morpholine rings is 1. The third-order valence-corrected chi connectivity index (χ3v) is 3.73. The fourth-order valence-electron chi connectivity index (χ4n) is 2.39. The van der Waals surface area contributed by atoms with Crippen molar-refractivity contribution in [3.8, 4) is 0 Å². The predicted octanol–water partition coefficient (Wildman–Crippen LogP) is 2.69. The topological polar surface area (TPSA) is 62.7 Å². The van der Waals surface area contributed by atoms with E-state index in [2.05, 4.69) is 11.8 Å². The number of rotatable bonds is 2. The lowest BCUT2D eigenvalue weighted by Crippen LogP contribution is -2.48. The summed E-state index contributed by atoms with van der Waals surface area (Å²) in [6.07, 6.45) is 0.120. The summed E-state index contributed by atoms with van der Waals surface area (Å²) in [7, 11) is 0. The molecule has 0 spiro atoms. The molecule has 2 unspecified atom stereocenters. The number of nitrogens with zero attached hydrogens (tertiary/aromatic N) is 2. The molecule has 0 aromatic carbocycles. The molecule has 1 aromatic rings. The van der Waals surface area contributed by atoms with Crippen LogP contribution in [0.2, 0.25) is 0 Å². The Balaban J connectivity index is 2.47. The molecule has 0 saturated carbocycles. The number of pyridine rings is 1. The molecule has 2 heterocycles. The molecule has 1 aliphatic heterocycles. The van der Waals surface area contributed by atoms with Gasteiger partial charge in [0.2, 0.25) is 0 Å². The van der Waals surface area contributed by atoms with Crippen LogP contribution < -0.4 is 4.90 Å². The van der Waals surface area contributed by atoms with Crippen LogP contribution >= 0.6 is 0 Å². The molecular formula is C16H24N2O3. The summed E-state index contributed by atoms with van der Waals surface area (Å²) in [5.41, 5.74) is 0.890. The van der Waals surface area contributed by atoms with Gasteiger partial charge in [-0.05, 0) is 26.0 Å². The molecule has 5 heteroatoms. The smallest absolute Gasteiger partial charge is 0.335 e. The van der Waals surface area contributed by atoms with Gasteiger partial charge >= 0.3 is 5.97 Å². The zero-order chi connectivity index (χ0) is 15.8. The van der Waals surface area contributed by atoms with E-state index in [9.17, 15) is 9.90 Å². The first-order chi connectivity index (χ1) is 9.68. The Hall–Kier alpha value is -1.62. The Morgan fingerprint density at radius 3 is 2.62 bits per heavy atom. The Bertz CT molecular complexity index is 537. The second kappa shape index (κ2) is 5.64. The minimum atomic E-state index is -0.918. The lowest BCUT2D eigenvalue weighted by atomic mass is 9.90. The van der Waals surface area contributed by atoms with E-state index >= 15 is 0 Å². The van der Waals surface area contributed by atoms with Gasteiger partial charge in [-0.3, -0.25) is 0 Å². The van der Waals surface area contributed by atoms with Gasteiger partial charge in [-0.25, -0.2) is 9.78 Å². The van der Waals surface area contributed by atoms with Gasteiger partial charge in [0.05, 0.1) is 24.3 Å². The average molecular weight is 292 g/mol. The number of aromatic nitrogens is 1. The molecule has 1 aromatic heterocycles. The van der Waals surface area contributed by atoms with E-state index < -0.39 is 5.97 Å². The summed E-state index contributed by atoms with van der Waals surface area (Å²) < 4.78 is 5.63. The lowest BCUT2D eigenvalue weighted by molar-refractivity contribution is 0.0340. The highest BCUT2D eigenvalue weighted by molar-refractivity contribution is 5.88. The van der Waals surface area contributed by atoms with Gasteiger partial charge in [0.1, 0.15) is 5.82 Å². The van der Waals surface area contributed by atoms with Crippen molar-refractivity contribution in [3.63, 3.8) is 0 Å². The van der Waals surface area contributed by atoms with Crippen LogP contribution in [-0.4, -0.2) is 41.4 Å². The maximum atomic E-state index is 11.4. The molecule has 2 atom stereocenters. The van der Waals surface area contributed by atoms with E-state index in [1.165, 1.54) is 0 Å². The van der Waals surface area contributed by atoms with Crippen molar-refractivity contribution in [2.45, 2.75) is 52.2 Å². The first kappa shape index (κ1) is 15.8. The van der Waals surface area contributed by atoms with Crippen LogP contribution in [0.1, 0.15) is 50.7 Å². The third kappa shape index (κ3) is 3.53. The van der Waals surface area contributed by atoms with Crippen molar-refractivity contribution in [2.24, 2.45) is 0 Å². The SMILES string of the molecule is CC1CN(c2cc(C(=O)O)cc(C(C)(C)C)n2)C(C)CO1. The number of carboxylic acids is 1. The number of carbonyl (C=O) groups is 1. The van der Waals surface area contributed by atoms with Crippen molar-refractivity contribution >= 4 is 11.8 Å². The largest absolute Gasteiger partial charge is 0.478 e. The molecule has 1 aliphatic rings. The van der Waals surface area contributed by atoms with Crippen molar-refractivity contribution < 1.29 is 14.6 Å². The van der Waals surface area contributed by atoms with Crippen molar-refractivity contribution in [3.05, 3.63) is 23.4 Å².